The van der Waals surface area contributed by atoms with Crippen LogP contribution in [-0.4, -0.2) is 28.2 Å². The van der Waals surface area contributed by atoms with Gasteiger partial charge in [-0.15, -0.1) is 0 Å². The number of hydrogen-bond acceptors (Lipinski definition) is 5. The number of rotatable bonds is 6. The Labute approximate surface area is 152 Å². The molecule has 0 amide bonds. The number of benzene rings is 2. The Bertz CT molecular complexity index is 860. The van der Waals surface area contributed by atoms with Crippen molar-refractivity contribution in [3.05, 3.63) is 70.8 Å². The lowest BCUT2D eigenvalue weighted by Crippen LogP contribution is -2.02. The molecule has 0 saturated carbocycles. The van der Waals surface area contributed by atoms with E-state index < -0.39 is 11.5 Å². The fourth-order valence-corrected chi connectivity index (χ4v) is 2.49. The molecule has 5 nitrogen and oxygen atoms in total. The largest absolute Gasteiger partial charge is 0.507 e. The molecule has 3 N–H and O–H groups in total. The summed E-state index contributed by atoms with van der Waals surface area (Å²) in [6.07, 6.45) is 3.19. The highest BCUT2D eigenvalue weighted by Gasteiger charge is 2.22. The topological polar surface area (TPSA) is 87.0 Å². The van der Waals surface area contributed by atoms with Gasteiger partial charge in [0.15, 0.2) is 5.78 Å². The molecule has 2 aromatic rings. The third kappa shape index (κ3) is 4.25. The van der Waals surface area contributed by atoms with Crippen LogP contribution in [0.4, 0.5) is 0 Å². The fraction of sp³-hybridized carbons (Fsp3) is 0.190. The van der Waals surface area contributed by atoms with E-state index in [0.29, 0.717) is 17.5 Å². The van der Waals surface area contributed by atoms with Crippen molar-refractivity contribution >= 4 is 11.5 Å². The maximum Gasteiger partial charge on any atom is 0.197 e. The molecular formula is C21H22O5. The van der Waals surface area contributed by atoms with Gasteiger partial charge in [0.2, 0.25) is 0 Å². The second kappa shape index (κ2) is 8.25. The standard InChI is InChI=1S/C21H22O5/c1-13(2)9-10-15-19(26-3)12-18(24)20(21(15)25)17(23)11-16(22)14-7-5-4-6-8-14/h4-9,11-12,22,24-25H,10H2,1-3H3/b16-11-. The van der Waals surface area contributed by atoms with Crippen LogP contribution in [0.25, 0.3) is 5.76 Å². The zero-order valence-corrected chi connectivity index (χ0v) is 15.0. The van der Waals surface area contributed by atoms with Crippen molar-refractivity contribution in [1.82, 2.24) is 0 Å². The Morgan fingerprint density at radius 3 is 2.38 bits per heavy atom. The quantitative estimate of drug-likeness (QED) is 0.310. The van der Waals surface area contributed by atoms with Gasteiger partial charge in [-0.2, -0.15) is 0 Å². The molecule has 0 bridgehead atoms. The second-order valence-electron chi connectivity index (χ2n) is 6.05. The number of methoxy groups -OCH3 is 1. The fourth-order valence-electron chi connectivity index (χ4n) is 2.49. The summed E-state index contributed by atoms with van der Waals surface area (Å²) in [4.78, 5) is 12.5. The number of hydrogen-bond donors (Lipinski definition) is 3. The Kier molecular flexibility index (Phi) is 6.07. The van der Waals surface area contributed by atoms with Gasteiger partial charge >= 0.3 is 0 Å². The van der Waals surface area contributed by atoms with Crippen LogP contribution in [0.3, 0.4) is 0 Å². The number of aromatic hydroxyl groups is 2. The summed E-state index contributed by atoms with van der Waals surface area (Å²) in [5, 5.41) is 30.8. The van der Waals surface area contributed by atoms with Gasteiger partial charge in [0.25, 0.3) is 0 Å². The summed E-state index contributed by atoms with van der Waals surface area (Å²) in [5.41, 5.74) is 1.61. The Balaban J connectivity index is 2.50. The molecule has 0 fully saturated rings. The molecule has 0 aliphatic heterocycles. The van der Waals surface area contributed by atoms with Crippen LogP contribution < -0.4 is 4.74 Å². The minimum absolute atomic E-state index is 0.254. The zero-order valence-electron chi connectivity index (χ0n) is 15.0. The molecule has 0 spiro atoms. The number of phenols is 2. The Morgan fingerprint density at radius 1 is 1.15 bits per heavy atom. The molecule has 26 heavy (non-hydrogen) atoms. The minimum atomic E-state index is -0.706. The summed E-state index contributed by atoms with van der Waals surface area (Å²) in [6, 6.07) is 9.82. The molecule has 0 aromatic heterocycles. The van der Waals surface area contributed by atoms with Crippen LogP contribution in [-0.2, 0) is 6.42 Å². The van der Waals surface area contributed by atoms with Gasteiger partial charge in [-0.1, -0.05) is 42.0 Å². The molecule has 0 saturated heterocycles. The molecule has 0 unspecified atom stereocenters. The van der Waals surface area contributed by atoms with Gasteiger partial charge in [0.05, 0.1) is 7.11 Å². The van der Waals surface area contributed by atoms with Crippen LogP contribution in [0.2, 0.25) is 0 Å². The van der Waals surface area contributed by atoms with Crippen molar-refractivity contribution in [3.63, 3.8) is 0 Å². The number of phenolic OH excluding ortho intramolecular Hbond substituents is 2. The smallest absolute Gasteiger partial charge is 0.197 e. The maximum absolute atomic E-state index is 12.5. The highest BCUT2D eigenvalue weighted by molar-refractivity contribution is 6.11. The van der Waals surface area contributed by atoms with Crippen molar-refractivity contribution in [2.45, 2.75) is 20.3 Å². The second-order valence-corrected chi connectivity index (χ2v) is 6.05. The number of ketones is 1. The van der Waals surface area contributed by atoms with Gasteiger partial charge in [-0.25, -0.2) is 0 Å². The van der Waals surface area contributed by atoms with E-state index in [2.05, 4.69) is 0 Å². The lowest BCUT2D eigenvalue weighted by Gasteiger charge is -2.14. The molecule has 2 rings (SSSR count). The van der Waals surface area contributed by atoms with Crippen molar-refractivity contribution in [2.24, 2.45) is 0 Å². The predicted molar refractivity (Wildman–Crippen MR) is 101 cm³/mol. The summed E-state index contributed by atoms with van der Waals surface area (Å²) in [6.45, 7) is 3.83. The van der Waals surface area contributed by atoms with Crippen LogP contribution in [0.1, 0.15) is 35.3 Å². The summed E-state index contributed by atoms with van der Waals surface area (Å²) < 4.78 is 5.20. The number of aliphatic hydroxyl groups excluding tert-OH is 1. The molecule has 0 aliphatic carbocycles. The lowest BCUT2D eigenvalue weighted by atomic mass is 9.99. The van der Waals surface area contributed by atoms with E-state index in [1.165, 1.54) is 13.2 Å². The molecule has 5 heteroatoms. The monoisotopic (exact) mass is 354 g/mol. The van der Waals surface area contributed by atoms with Crippen LogP contribution in [0, 0.1) is 0 Å². The normalized spacial score (nSPS) is 11.1. The number of carbonyl (C=O) groups excluding carboxylic acids is 1. The van der Waals surface area contributed by atoms with E-state index in [-0.39, 0.29) is 22.8 Å². The van der Waals surface area contributed by atoms with Crippen molar-refractivity contribution in [1.29, 1.82) is 0 Å². The highest BCUT2D eigenvalue weighted by atomic mass is 16.5. The molecule has 2 aromatic carbocycles. The number of carbonyl (C=O) groups is 1. The third-order valence-corrected chi connectivity index (χ3v) is 3.86. The van der Waals surface area contributed by atoms with Gasteiger partial charge in [0, 0.05) is 23.3 Å². The van der Waals surface area contributed by atoms with Gasteiger partial charge in [0.1, 0.15) is 28.6 Å². The van der Waals surface area contributed by atoms with Crippen molar-refractivity contribution < 1.29 is 24.9 Å². The van der Waals surface area contributed by atoms with E-state index in [1.807, 2.05) is 19.9 Å². The average molecular weight is 354 g/mol. The summed E-state index contributed by atoms with van der Waals surface area (Å²) >= 11 is 0. The Morgan fingerprint density at radius 2 is 1.81 bits per heavy atom. The number of allylic oxidation sites excluding steroid dienone is 3. The van der Waals surface area contributed by atoms with Gasteiger partial charge < -0.3 is 20.1 Å². The minimum Gasteiger partial charge on any atom is -0.507 e. The summed E-state index contributed by atoms with van der Waals surface area (Å²) in [7, 11) is 1.42. The molecule has 136 valence electrons. The third-order valence-electron chi connectivity index (χ3n) is 3.86. The van der Waals surface area contributed by atoms with Crippen molar-refractivity contribution in [3.8, 4) is 17.2 Å². The first-order chi connectivity index (χ1) is 12.3. The van der Waals surface area contributed by atoms with Crippen LogP contribution in [0.5, 0.6) is 17.2 Å². The molecular weight excluding hydrogens is 332 g/mol. The van der Waals surface area contributed by atoms with Crippen LogP contribution in [0.15, 0.2) is 54.1 Å². The SMILES string of the molecule is COc1cc(O)c(C(=O)/C=C(\O)c2ccccc2)c(O)c1CC=C(C)C. The number of aliphatic hydroxyl groups is 1. The highest BCUT2D eigenvalue weighted by Crippen LogP contribution is 2.39. The number of ether oxygens (including phenoxy) is 1. The Hall–Kier alpha value is -3.21. The molecule has 0 aliphatic rings. The molecule has 0 atom stereocenters. The van der Waals surface area contributed by atoms with Gasteiger partial charge in [-0.05, 0) is 20.3 Å². The van der Waals surface area contributed by atoms with E-state index in [1.54, 1.807) is 30.3 Å². The average Bonchev–Trinajstić information content (AvgIpc) is 2.60. The maximum atomic E-state index is 12.5. The van der Waals surface area contributed by atoms with E-state index in [4.69, 9.17) is 4.74 Å². The molecule has 0 radical (unpaired) electrons. The molecule has 0 heterocycles. The predicted octanol–water partition coefficient (Wildman–Crippen LogP) is 4.40. The first-order valence-electron chi connectivity index (χ1n) is 8.10. The zero-order chi connectivity index (χ0) is 19.3. The van der Waals surface area contributed by atoms with E-state index in [0.717, 1.165) is 11.6 Å². The van der Waals surface area contributed by atoms with E-state index >= 15 is 0 Å². The van der Waals surface area contributed by atoms with E-state index in [9.17, 15) is 20.1 Å². The van der Waals surface area contributed by atoms with Crippen LogP contribution >= 0.6 is 0 Å². The van der Waals surface area contributed by atoms with Gasteiger partial charge in [-0.3, -0.25) is 4.79 Å². The lowest BCUT2D eigenvalue weighted by molar-refractivity contribution is 0.104. The first-order valence-corrected chi connectivity index (χ1v) is 8.10. The first kappa shape index (κ1) is 19.1. The van der Waals surface area contributed by atoms with Crippen molar-refractivity contribution in [2.75, 3.05) is 7.11 Å². The summed E-state index contributed by atoms with van der Waals surface area (Å²) in [5.74, 6) is -1.45.